The van der Waals surface area contributed by atoms with Crippen molar-refractivity contribution in [1.82, 2.24) is 0 Å². The predicted octanol–water partition coefficient (Wildman–Crippen LogP) is 1.74. The minimum absolute atomic E-state index is 0.103. The second-order valence-corrected chi connectivity index (χ2v) is 5.81. The minimum atomic E-state index is -0.974. The first-order chi connectivity index (χ1) is 7.66. The lowest BCUT2D eigenvalue weighted by molar-refractivity contribution is -0.162. The first-order valence-electron chi connectivity index (χ1n) is 6.55. The van der Waals surface area contributed by atoms with Crippen LogP contribution in [0.25, 0.3) is 0 Å². The number of hydrogen-bond donors (Lipinski definition) is 1. The van der Waals surface area contributed by atoms with Crippen LogP contribution in [0.4, 0.5) is 0 Å². The van der Waals surface area contributed by atoms with Gasteiger partial charge in [-0.1, -0.05) is 6.42 Å². The van der Waals surface area contributed by atoms with Crippen molar-refractivity contribution in [2.24, 2.45) is 23.7 Å². The van der Waals surface area contributed by atoms with Crippen LogP contribution in [-0.2, 0) is 9.53 Å². The summed E-state index contributed by atoms with van der Waals surface area (Å²) in [6, 6.07) is 0. The maximum atomic E-state index is 11.4. The molecule has 0 aliphatic heterocycles. The number of aliphatic hydroxyl groups excluding tert-OH is 1. The molecule has 2 bridgehead atoms. The van der Waals surface area contributed by atoms with E-state index in [9.17, 15) is 4.79 Å². The number of carbonyl (C=O) groups is 1. The van der Waals surface area contributed by atoms with E-state index in [2.05, 4.69) is 0 Å². The first-order valence-corrected chi connectivity index (χ1v) is 6.55. The zero-order valence-corrected chi connectivity index (χ0v) is 9.76. The lowest BCUT2D eigenvalue weighted by atomic mass is 9.80. The average molecular weight is 224 g/mol. The van der Waals surface area contributed by atoms with Gasteiger partial charge in [-0.3, -0.25) is 0 Å². The molecule has 3 aliphatic carbocycles. The molecule has 0 heterocycles. The summed E-state index contributed by atoms with van der Waals surface area (Å²) in [5.41, 5.74) is 0. The van der Waals surface area contributed by atoms with Crippen LogP contribution in [0, 0.1) is 23.7 Å². The molecule has 90 valence electrons. The molecule has 3 aliphatic rings. The number of aliphatic hydroxyl groups is 1. The molecule has 16 heavy (non-hydrogen) atoms. The van der Waals surface area contributed by atoms with Gasteiger partial charge in [-0.05, 0) is 56.3 Å². The van der Waals surface area contributed by atoms with Crippen LogP contribution < -0.4 is 0 Å². The Morgan fingerprint density at radius 2 is 2.00 bits per heavy atom. The summed E-state index contributed by atoms with van der Waals surface area (Å²) in [4.78, 5) is 11.4. The quantitative estimate of drug-likeness (QED) is 0.727. The van der Waals surface area contributed by atoms with Crippen LogP contribution in [0.1, 0.15) is 39.0 Å². The van der Waals surface area contributed by atoms with Crippen LogP contribution in [0.2, 0.25) is 0 Å². The van der Waals surface area contributed by atoms with Gasteiger partial charge in [0, 0.05) is 0 Å². The third-order valence-electron chi connectivity index (χ3n) is 4.98. The van der Waals surface area contributed by atoms with Gasteiger partial charge in [0.1, 0.15) is 12.2 Å². The second-order valence-electron chi connectivity index (χ2n) is 5.81. The molecule has 3 heteroatoms. The number of fused-ring (bicyclic) bond motifs is 5. The van der Waals surface area contributed by atoms with Crippen molar-refractivity contribution in [2.45, 2.75) is 51.2 Å². The fourth-order valence-electron chi connectivity index (χ4n) is 4.39. The summed E-state index contributed by atoms with van der Waals surface area (Å²) in [6.45, 7) is 1.48. The molecular formula is C13H20O3. The summed E-state index contributed by atoms with van der Waals surface area (Å²) in [6.07, 6.45) is 5.51. The maximum absolute atomic E-state index is 11.4. The highest BCUT2D eigenvalue weighted by molar-refractivity contribution is 5.74. The molecule has 0 amide bonds. The maximum Gasteiger partial charge on any atom is 0.334 e. The number of esters is 1. The highest BCUT2D eigenvalue weighted by Gasteiger charge is 2.55. The highest BCUT2D eigenvalue weighted by Crippen LogP contribution is 2.59. The molecule has 0 saturated heterocycles. The van der Waals surface area contributed by atoms with Gasteiger partial charge in [0.25, 0.3) is 0 Å². The standard InChI is InChI=1S/C13H20O3/c1-7(14)13(15)16-12-6-8-5-11(12)10-4-2-3-9(8)10/h7-12,14H,2-6H2,1H3. The summed E-state index contributed by atoms with van der Waals surface area (Å²) >= 11 is 0. The topological polar surface area (TPSA) is 46.5 Å². The fourth-order valence-corrected chi connectivity index (χ4v) is 4.39. The largest absolute Gasteiger partial charge is 0.460 e. The zero-order valence-electron chi connectivity index (χ0n) is 9.76. The van der Waals surface area contributed by atoms with E-state index >= 15 is 0 Å². The summed E-state index contributed by atoms with van der Waals surface area (Å²) in [5, 5.41) is 9.16. The third kappa shape index (κ3) is 1.48. The third-order valence-corrected chi connectivity index (χ3v) is 4.98. The Morgan fingerprint density at radius 1 is 1.25 bits per heavy atom. The second kappa shape index (κ2) is 3.73. The van der Waals surface area contributed by atoms with E-state index < -0.39 is 12.1 Å². The van der Waals surface area contributed by atoms with Gasteiger partial charge in [0.15, 0.2) is 0 Å². The molecule has 6 atom stereocenters. The van der Waals surface area contributed by atoms with Crippen molar-refractivity contribution in [1.29, 1.82) is 0 Å². The predicted molar refractivity (Wildman–Crippen MR) is 58.6 cm³/mol. The Morgan fingerprint density at radius 3 is 2.75 bits per heavy atom. The van der Waals surface area contributed by atoms with Crippen LogP contribution in [0.5, 0.6) is 0 Å². The molecule has 3 fully saturated rings. The zero-order chi connectivity index (χ0) is 11.3. The first kappa shape index (κ1) is 10.6. The molecule has 0 spiro atoms. The Balaban J connectivity index is 1.66. The van der Waals surface area contributed by atoms with E-state index in [1.807, 2.05) is 0 Å². The van der Waals surface area contributed by atoms with Gasteiger partial charge in [-0.15, -0.1) is 0 Å². The monoisotopic (exact) mass is 224 g/mol. The van der Waals surface area contributed by atoms with Crippen LogP contribution in [0.3, 0.4) is 0 Å². The van der Waals surface area contributed by atoms with Gasteiger partial charge < -0.3 is 9.84 Å². The molecule has 3 nitrogen and oxygen atoms in total. The Kier molecular flexibility index (Phi) is 2.46. The molecule has 0 aromatic carbocycles. The van der Waals surface area contributed by atoms with Gasteiger partial charge in [0.2, 0.25) is 0 Å². The van der Waals surface area contributed by atoms with Crippen LogP contribution in [-0.4, -0.2) is 23.3 Å². The normalized spacial score (nSPS) is 46.8. The summed E-state index contributed by atoms with van der Waals surface area (Å²) < 4.78 is 5.43. The van der Waals surface area contributed by atoms with Crippen LogP contribution >= 0.6 is 0 Å². The van der Waals surface area contributed by atoms with Gasteiger partial charge >= 0.3 is 5.97 Å². The van der Waals surface area contributed by atoms with E-state index in [0.29, 0.717) is 5.92 Å². The SMILES string of the molecule is CC(O)C(=O)OC1CC2CC1C1CCCC21. The number of rotatable bonds is 2. The smallest absolute Gasteiger partial charge is 0.334 e. The number of hydrogen-bond acceptors (Lipinski definition) is 3. The van der Waals surface area contributed by atoms with Crippen molar-refractivity contribution in [2.75, 3.05) is 0 Å². The van der Waals surface area contributed by atoms with Crippen molar-refractivity contribution < 1.29 is 14.6 Å². The van der Waals surface area contributed by atoms with Crippen molar-refractivity contribution in [3.05, 3.63) is 0 Å². The highest BCUT2D eigenvalue weighted by atomic mass is 16.6. The fraction of sp³-hybridized carbons (Fsp3) is 0.923. The van der Waals surface area contributed by atoms with E-state index in [-0.39, 0.29) is 6.10 Å². The molecular weight excluding hydrogens is 204 g/mol. The van der Waals surface area contributed by atoms with Crippen molar-refractivity contribution in [3.63, 3.8) is 0 Å². The summed E-state index contributed by atoms with van der Waals surface area (Å²) in [5.74, 6) is 2.69. The minimum Gasteiger partial charge on any atom is -0.460 e. The van der Waals surface area contributed by atoms with E-state index in [4.69, 9.17) is 9.84 Å². The molecule has 6 unspecified atom stereocenters. The Hall–Kier alpha value is -0.570. The molecule has 0 aromatic heterocycles. The lowest BCUT2D eigenvalue weighted by Gasteiger charge is -2.31. The summed E-state index contributed by atoms with van der Waals surface area (Å²) in [7, 11) is 0. The van der Waals surface area contributed by atoms with Gasteiger partial charge in [-0.2, -0.15) is 0 Å². The number of ether oxygens (including phenoxy) is 1. The molecule has 1 N–H and O–H groups in total. The average Bonchev–Trinajstić information content (AvgIpc) is 2.87. The van der Waals surface area contributed by atoms with Crippen molar-refractivity contribution in [3.8, 4) is 0 Å². The number of carbonyl (C=O) groups excluding carboxylic acids is 1. The molecule has 3 rings (SSSR count). The van der Waals surface area contributed by atoms with E-state index in [0.717, 1.165) is 24.2 Å². The molecule has 0 radical (unpaired) electrons. The van der Waals surface area contributed by atoms with E-state index in [1.54, 1.807) is 0 Å². The lowest BCUT2D eigenvalue weighted by Crippen LogP contribution is -2.34. The van der Waals surface area contributed by atoms with Gasteiger partial charge in [0.05, 0.1) is 0 Å². The Bertz CT molecular complexity index is 300. The van der Waals surface area contributed by atoms with Crippen LogP contribution in [0.15, 0.2) is 0 Å². The van der Waals surface area contributed by atoms with E-state index in [1.165, 1.54) is 32.6 Å². The molecule has 3 saturated carbocycles. The molecule has 0 aromatic rings. The van der Waals surface area contributed by atoms with Gasteiger partial charge in [-0.25, -0.2) is 4.79 Å². The Labute approximate surface area is 96.2 Å². The van der Waals surface area contributed by atoms with Crippen molar-refractivity contribution >= 4 is 5.97 Å².